The highest BCUT2D eigenvalue weighted by Crippen LogP contribution is 2.07. The molecule has 4 heteroatoms. The van der Waals surface area contributed by atoms with E-state index in [-0.39, 0.29) is 5.91 Å². The fourth-order valence-corrected chi connectivity index (χ4v) is 1.66. The molecule has 1 N–H and O–H groups in total. The number of halogens is 1. The fourth-order valence-electron chi connectivity index (χ4n) is 1.11. The molecule has 1 aromatic carbocycles. The molecule has 1 rings (SSSR count). The van der Waals surface area contributed by atoms with Gasteiger partial charge in [0.1, 0.15) is 0 Å². The highest BCUT2D eigenvalue weighted by atomic mass is 127. The quantitative estimate of drug-likeness (QED) is 0.666. The van der Waals surface area contributed by atoms with E-state index in [1.165, 1.54) is 0 Å². The van der Waals surface area contributed by atoms with Crippen molar-refractivity contribution >= 4 is 28.5 Å². The molecule has 0 aliphatic heterocycles. The zero-order valence-corrected chi connectivity index (χ0v) is 10.8. The van der Waals surface area contributed by atoms with Gasteiger partial charge in [-0.25, -0.2) is 0 Å². The Morgan fingerprint density at radius 3 is 3.00 bits per heavy atom. The summed E-state index contributed by atoms with van der Waals surface area (Å²) < 4.78 is 6.19. The zero-order valence-electron chi connectivity index (χ0n) is 8.63. The van der Waals surface area contributed by atoms with Crippen LogP contribution in [0.5, 0.6) is 0 Å². The van der Waals surface area contributed by atoms with E-state index in [0.717, 1.165) is 3.57 Å². The Labute approximate surface area is 103 Å². The SMILES string of the molecule is CCOCCNC(=O)c1cccc(I)c1. The molecule has 0 saturated carbocycles. The fraction of sp³-hybridized carbons (Fsp3) is 0.364. The monoisotopic (exact) mass is 319 g/mol. The van der Waals surface area contributed by atoms with Crippen LogP contribution in [0.1, 0.15) is 17.3 Å². The molecule has 82 valence electrons. The normalized spacial score (nSPS) is 10.0. The topological polar surface area (TPSA) is 38.3 Å². The van der Waals surface area contributed by atoms with Crippen molar-refractivity contribution in [3.63, 3.8) is 0 Å². The van der Waals surface area contributed by atoms with Crippen LogP contribution in [0.15, 0.2) is 24.3 Å². The molecule has 0 spiro atoms. The minimum absolute atomic E-state index is 0.0479. The first-order valence-corrected chi connectivity index (χ1v) is 5.93. The molecule has 0 unspecified atom stereocenters. The van der Waals surface area contributed by atoms with E-state index in [1.807, 2.05) is 25.1 Å². The van der Waals surface area contributed by atoms with E-state index in [2.05, 4.69) is 27.9 Å². The first kappa shape index (κ1) is 12.4. The standard InChI is InChI=1S/C11H14INO2/c1-2-15-7-6-13-11(14)9-4-3-5-10(12)8-9/h3-5,8H,2,6-7H2,1H3,(H,13,14). The number of rotatable bonds is 5. The Balaban J connectivity index is 2.40. The van der Waals surface area contributed by atoms with Gasteiger partial charge in [0.2, 0.25) is 0 Å². The minimum atomic E-state index is -0.0479. The van der Waals surface area contributed by atoms with Gasteiger partial charge in [0.05, 0.1) is 6.61 Å². The van der Waals surface area contributed by atoms with Gasteiger partial charge in [0.25, 0.3) is 5.91 Å². The summed E-state index contributed by atoms with van der Waals surface area (Å²) in [7, 11) is 0. The summed E-state index contributed by atoms with van der Waals surface area (Å²) >= 11 is 2.19. The molecule has 0 aromatic heterocycles. The summed E-state index contributed by atoms with van der Waals surface area (Å²) in [6, 6.07) is 7.49. The molecule has 0 aliphatic rings. The molecule has 0 aliphatic carbocycles. The Morgan fingerprint density at radius 2 is 2.33 bits per heavy atom. The molecule has 15 heavy (non-hydrogen) atoms. The van der Waals surface area contributed by atoms with Gasteiger partial charge in [-0.15, -0.1) is 0 Å². The first-order valence-electron chi connectivity index (χ1n) is 4.85. The lowest BCUT2D eigenvalue weighted by molar-refractivity contribution is 0.0922. The number of hydrogen-bond acceptors (Lipinski definition) is 2. The van der Waals surface area contributed by atoms with Crippen molar-refractivity contribution < 1.29 is 9.53 Å². The van der Waals surface area contributed by atoms with Crippen LogP contribution in [-0.4, -0.2) is 25.7 Å². The van der Waals surface area contributed by atoms with Crippen LogP contribution < -0.4 is 5.32 Å². The number of amides is 1. The van der Waals surface area contributed by atoms with Gasteiger partial charge in [-0.2, -0.15) is 0 Å². The highest BCUT2D eigenvalue weighted by Gasteiger charge is 2.03. The van der Waals surface area contributed by atoms with Crippen LogP contribution >= 0.6 is 22.6 Å². The Kier molecular flexibility index (Phi) is 5.63. The Bertz CT molecular complexity index is 328. The second-order valence-corrected chi connectivity index (χ2v) is 4.21. The van der Waals surface area contributed by atoms with Gasteiger partial charge >= 0.3 is 0 Å². The average Bonchev–Trinajstić information content (AvgIpc) is 2.24. The summed E-state index contributed by atoms with van der Waals surface area (Å²) in [6.07, 6.45) is 0. The van der Waals surface area contributed by atoms with Gasteiger partial charge in [0, 0.05) is 22.3 Å². The van der Waals surface area contributed by atoms with Gasteiger partial charge in [-0.3, -0.25) is 4.79 Å². The number of carbonyl (C=O) groups is 1. The third kappa shape index (κ3) is 4.61. The summed E-state index contributed by atoms with van der Waals surface area (Å²) in [5.74, 6) is -0.0479. The van der Waals surface area contributed by atoms with E-state index in [1.54, 1.807) is 6.07 Å². The lowest BCUT2D eigenvalue weighted by atomic mass is 10.2. The molecular formula is C11H14INO2. The number of carbonyl (C=O) groups excluding carboxylic acids is 1. The number of benzene rings is 1. The molecule has 0 radical (unpaired) electrons. The summed E-state index contributed by atoms with van der Waals surface area (Å²) in [5.41, 5.74) is 0.693. The van der Waals surface area contributed by atoms with E-state index in [0.29, 0.717) is 25.3 Å². The maximum atomic E-state index is 11.6. The molecule has 1 amide bonds. The first-order chi connectivity index (χ1) is 7.24. The smallest absolute Gasteiger partial charge is 0.251 e. The second-order valence-electron chi connectivity index (χ2n) is 2.96. The molecule has 0 bridgehead atoms. The maximum absolute atomic E-state index is 11.6. The van der Waals surface area contributed by atoms with Crippen molar-refractivity contribution in [3.8, 4) is 0 Å². The maximum Gasteiger partial charge on any atom is 0.251 e. The van der Waals surface area contributed by atoms with Crippen LogP contribution in [0, 0.1) is 3.57 Å². The van der Waals surface area contributed by atoms with Crippen LogP contribution in [0.4, 0.5) is 0 Å². The molecule has 1 aromatic rings. The third-order valence-corrected chi connectivity index (χ3v) is 2.49. The van der Waals surface area contributed by atoms with Crippen molar-refractivity contribution in [1.82, 2.24) is 5.32 Å². The summed E-state index contributed by atoms with van der Waals surface area (Å²) in [5, 5.41) is 2.79. The van der Waals surface area contributed by atoms with Crippen molar-refractivity contribution in [2.75, 3.05) is 19.8 Å². The van der Waals surface area contributed by atoms with E-state index >= 15 is 0 Å². The summed E-state index contributed by atoms with van der Waals surface area (Å²) in [6.45, 7) is 3.73. The largest absolute Gasteiger partial charge is 0.380 e. The van der Waals surface area contributed by atoms with Gasteiger partial charge in [-0.1, -0.05) is 6.07 Å². The third-order valence-electron chi connectivity index (χ3n) is 1.82. The lowest BCUT2D eigenvalue weighted by Crippen LogP contribution is -2.27. The van der Waals surface area contributed by atoms with Crippen LogP contribution in [0.25, 0.3) is 0 Å². The Hall–Kier alpha value is -0.620. The van der Waals surface area contributed by atoms with Crippen molar-refractivity contribution in [1.29, 1.82) is 0 Å². The van der Waals surface area contributed by atoms with Crippen molar-refractivity contribution in [3.05, 3.63) is 33.4 Å². The minimum Gasteiger partial charge on any atom is -0.380 e. The predicted octanol–water partition coefficient (Wildman–Crippen LogP) is 2.06. The van der Waals surface area contributed by atoms with Gasteiger partial charge in [-0.05, 0) is 47.7 Å². The zero-order chi connectivity index (χ0) is 11.1. The predicted molar refractivity (Wildman–Crippen MR) is 68.0 cm³/mol. The molecule has 0 heterocycles. The second kappa shape index (κ2) is 6.79. The molecule has 0 saturated heterocycles. The number of hydrogen-bond donors (Lipinski definition) is 1. The van der Waals surface area contributed by atoms with Crippen LogP contribution in [-0.2, 0) is 4.74 Å². The lowest BCUT2D eigenvalue weighted by Gasteiger charge is -2.05. The molecule has 3 nitrogen and oxygen atoms in total. The van der Waals surface area contributed by atoms with Gasteiger partial charge < -0.3 is 10.1 Å². The number of nitrogens with one attached hydrogen (secondary N) is 1. The van der Waals surface area contributed by atoms with Crippen molar-refractivity contribution in [2.45, 2.75) is 6.92 Å². The highest BCUT2D eigenvalue weighted by molar-refractivity contribution is 14.1. The van der Waals surface area contributed by atoms with Crippen LogP contribution in [0.2, 0.25) is 0 Å². The summed E-state index contributed by atoms with van der Waals surface area (Å²) in [4.78, 5) is 11.6. The number of ether oxygens (including phenoxy) is 1. The molecule has 0 fully saturated rings. The van der Waals surface area contributed by atoms with Gasteiger partial charge in [0.15, 0.2) is 0 Å². The molecule has 0 atom stereocenters. The van der Waals surface area contributed by atoms with Crippen molar-refractivity contribution in [2.24, 2.45) is 0 Å². The van der Waals surface area contributed by atoms with Crippen LogP contribution in [0.3, 0.4) is 0 Å². The average molecular weight is 319 g/mol. The van der Waals surface area contributed by atoms with E-state index < -0.39 is 0 Å². The Morgan fingerprint density at radius 1 is 1.53 bits per heavy atom. The van der Waals surface area contributed by atoms with E-state index in [9.17, 15) is 4.79 Å². The molecular weight excluding hydrogens is 305 g/mol. The van der Waals surface area contributed by atoms with E-state index in [4.69, 9.17) is 4.74 Å².